The number of imidazole rings is 1. The second kappa shape index (κ2) is 4.56. The third-order valence-electron chi connectivity index (χ3n) is 2.91. The van der Waals surface area contributed by atoms with E-state index in [-0.39, 0.29) is 5.95 Å². The molecule has 96 valence electrons. The monoisotopic (exact) mass is 254 g/mol. The predicted octanol–water partition coefficient (Wildman–Crippen LogP) is 1.50. The van der Waals surface area contributed by atoms with Gasteiger partial charge in [-0.1, -0.05) is 30.3 Å². The van der Waals surface area contributed by atoms with Gasteiger partial charge in [-0.15, -0.1) is 0 Å². The zero-order valence-corrected chi connectivity index (χ0v) is 10.5. The highest BCUT2D eigenvalue weighted by Gasteiger charge is 2.11. The van der Waals surface area contributed by atoms with Crippen molar-refractivity contribution in [3.63, 3.8) is 0 Å². The van der Waals surface area contributed by atoms with E-state index in [2.05, 4.69) is 32.4 Å². The van der Waals surface area contributed by atoms with Gasteiger partial charge in [-0.3, -0.25) is 0 Å². The smallest absolute Gasteiger partial charge is 0.224 e. The molecule has 0 bridgehead atoms. The van der Waals surface area contributed by atoms with Gasteiger partial charge in [-0.25, -0.2) is 4.98 Å². The Hall–Kier alpha value is -2.63. The summed E-state index contributed by atoms with van der Waals surface area (Å²) in [7, 11) is 1.79. The van der Waals surface area contributed by atoms with Crippen LogP contribution in [0.25, 0.3) is 11.2 Å². The molecule has 1 aromatic carbocycles. The van der Waals surface area contributed by atoms with Crippen LogP contribution in [0.4, 0.5) is 11.8 Å². The summed E-state index contributed by atoms with van der Waals surface area (Å²) in [6, 6.07) is 10.1. The van der Waals surface area contributed by atoms with Crippen molar-refractivity contribution in [3.05, 3.63) is 42.2 Å². The fraction of sp³-hybridized carbons (Fsp3) is 0.154. The van der Waals surface area contributed by atoms with Gasteiger partial charge in [0.2, 0.25) is 5.95 Å². The van der Waals surface area contributed by atoms with E-state index >= 15 is 0 Å². The summed E-state index contributed by atoms with van der Waals surface area (Å²) in [6.07, 6.45) is 1.76. The molecule has 3 aromatic rings. The van der Waals surface area contributed by atoms with Crippen LogP contribution in [0.3, 0.4) is 0 Å². The van der Waals surface area contributed by atoms with Crippen LogP contribution >= 0.6 is 0 Å². The van der Waals surface area contributed by atoms with E-state index < -0.39 is 0 Å². The van der Waals surface area contributed by atoms with Gasteiger partial charge in [0.15, 0.2) is 17.0 Å². The van der Waals surface area contributed by atoms with Crippen LogP contribution in [0.1, 0.15) is 5.56 Å². The molecular weight excluding hydrogens is 240 g/mol. The molecule has 6 nitrogen and oxygen atoms in total. The molecule has 2 heterocycles. The second-order valence-corrected chi connectivity index (χ2v) is 4.21. The Morgan fingerprint density at radius 1 is 1.21 bits per heavy atom. The van der Waals surface area contributed by atoms with Gasteiger partial charge >= 0.3 is 0 Å². The largest absolute Gasteiger partial charge is 0.371 e. The summed E-state index contributed by atoms with van der Waals surface area (Å²) in [5.41, 5.74) is 8.37. The van der Waals surface area contributed by atoms with Gasteiger partial charge in [-0.05, 0) is 5.56 Å². The molecule has 3 N–H and O–H groups in total. The highest BCUT2D eigenvalue weighted by molar-refractivity contribution is 5.84. The lowest BCUT2D eigenvalue weighted by Crippen LogP contribution is -2.04. The summed E-state index contributed by atoms with van der Waals surface area (Å²) in [4.78, 5) is 12.7. The Labute approximate surface area is 110 Å². The summed E-state index contributed by atoms with van der Waals surface area (Å²) >= 11 is 0. The zero-order valence-electron chi connectivity index (χ0n) is 10.5. The van der Waals surface area contributed by atoms with E-state index in [1.165, 1.54) is 5.56 Å². The van der Waals surface area contributed by atoms with Gasteiger partial charge in [0.25, 0.3) is 0 Å². The van der Waals surface area contributed by atoms with Crippen molar-refractivity contribution in [2.45, 2.75) is 6.54 Å². The molecule has 2 aromatic heterocycles. The number of nitrogens with zero attached hydrogens (tertiary/aromatic N) is 4. The molecule has 0 radical (unpaired) electrons. The number of hydrogen-bond acceptors (Lipinski definition) is 5. The van der Waals surface area contributed by atoms with E-state index in [1.807, 2.05) is 22.8 Å². The molecule has 3 rings (SSSR count). The van der Waals surface area contributed by atoms with Crippen molar-refractivity contribution < 1.29 is 0 Å². The number of benzene rings is 1. The first-order valence-corrected chi connectivity index (χ1v) is 5.98. The van der Waals surface area contributed by atoms with Crippen LogP contribution in [-0.2, 0) is 6.54 Å². The lowest BCUT2D eigenvalue weighted by Gasteiger charge is -2.05. The molecule has 0 saturated heterocycles. The van der Waals surface area contributed by atoms with E-state index in [1.54, 1.807) is 13.4 Å². The van der Waals surface area contributed by atoms with Gasteiger partial charge in [0, 0.05) is 7.05 Å². The van der Waals surface area contributed by atoms with Gasteiger partial charge < -0.3 is 15.6 Å². The lowest BCUT2D eigenvalue weighted by molar-refractivity contribution is 0.814. The zero-order chi connectivity index (χ0) is 13.2. The van der Waals surface area contributed by atoms with Gasteiger partial charge in [-0.2, -0.15) is 9.97 Å². The lowest BCUT2D eigenvalue weighted by atomic mass is 10.2. The molecule has 0 unspecified atom stereocenters. The molecule has 0 aliphatic carbocycles. The van der Waals surface area contributed by atoms with Crippen LogP contribution < -0.4 is 11.1 Å². The Kier molecular flexibility index (Phi) is 2.75. The van der Waals surface area contributed by atoms with Crippen molar-refractivity contribution in [2.75, 3.05) is 18.1 Å². The molecule has 0 fully saturated rings. The van der Waals surface area contributed by atoms with Crippen LogP contribution in [0, 0.1) is 0 Å². The Morgan fingerprint density at radius 3 is 2.74 bits per heavy atom. The van der Waals surface area contributed by atoms with Crippen LogP contribution in [0.5, 0.6) is 0 Å². The van der Waals surface area contributed by atoms with Crippen LogP contribution in [-0.4, -0.2) is 26.6 Å². The third kappa shape index (κ3) is 2.08. The highest BCUT2D eigenvalue weighted by atomic mass is 15.2. The standard InChI is InChI=1S/C13H14N6/c1-15-11-10-12(18-13(14)17-11)19(8-16-10)7-9-5-3-2-4-6-9/h2-6,8H,7H2,1H3,(H3,14,15,17,18). The minimum Gasteiger partial charge on any atom is -0.371 e. The maximum Gasteiger partial charge on any atom is 0.224 e. The molecule has 0 spiro atoms. The Balaban J connectivity index is 2.08. The average molecular weight is 254 g/mol. The predicted molar refractivity (Wildman–Crippen MR) is 74.8 cm³/mol. The van der Waals surface area contributed by atoms with Gasteiger partial charge in [0.1, 0.15) is 0 Å². The van der Waals surface area contributed by atoms with Crippen LogP contribution in [0.2, 0.25) is 0 Å². The molecule has 0 atom stereocenters. The van der Waals surface area contributed by atoms with E-state index in [0.29, 0.717) is 12.4 Å². The maximum absolute atomic E-state index is 5.72. The number of nitrogen functional groups attached to an aromatic ring is 1. The SMILES string of the molecule is CNc1nc(N)nc2c1ncn2Cc1ccccc1. The summed E-state index contributed by atoms with van der Waals surface area (Å²) in [5, 5.41) is 2.98. The number of nitrogens with one attached hydrogen (secondary N) is 1. The van der Waals surface area contributed by atoms with E-state index in [0.717, 1.165) is 11.2 Å². The average Bonchev–Trinajstić information content (AvgIpc) is 2.82. The van der Waals surface area contributed by atoms with Crippen molar-refractivity contribution in [1.29, 1.82) is 0 Å². The molecule has 0 saturated carbocycles. The first-order valence-electron chi connectivity index (χ1n) is 5.98. The molecule has 0 aliphatic rings. The maximum atomic E-state index is 5.72. The molecular formula is C13H14N6. The number of hydrogen-bond donors (Lipinski definition) is 2. The Bertz CT molecular complexity index is 704. The summed E-state index contributed by atoms with van der Waals surface area (Å²) < 4.78 is 1.96. The molecule has 6 heteroatoms. The van der Waals surface area contributed by atoms with E-state index in [9.17, 15) is 0 Å². The van der Waals surface area contributed by atoms with Crippen molar-refractivity contribution in [1.82, 2.24) is 19.5 Å². The molecule has 0 aliphatic heterocycles. The quantitative estimate of drug-likeness (QED) is 0.740. The first-order chi connectivity index (χ1) is 9.28. The normalized spacial score (nSPS) is 10.8. The number of anilines is 2. The number of nitrogens with two attached hydrogens (primary N) is 1. The van der Waals surface area contributed by atoms with Crippen molar-refractivity contribution in [3.8, 4) is 0 Å². The molecule has 0 amide bonds. The van der Waals surface area contributed by atoms with Gasteiger partial charge in [0.05, 0.1) is 12.9 Å². The number of fused-ring (bicyclic) bond motifs is 1. The summed E-state index contributed by atoms with van der Waals surface area (Å²) in [6.45, 7) is 0.705. The highest BCUT2D eigenvalue weighted by Crippen LogP contribution is 2.19. The second-order valence-electron chi connectivity index (χ2n) is 4.21. The first kappa shape index (κ1) is 11.5. The Morgan fingerprint density at radius 2 is 2.00 bits per heavy atom. The summed E-state index contributed by atoms with van der Waals surface area (Å²) in [5.74, 6) is 0.890. The minimum atomic E-state index is 0.242. The topological polar surface area (TPSA) is 81.7 Å². The van der Waals surface area contributed by atoms with Crippen LogP contribution in [0.15, 0.2) is 36.7 Å². The number of aromatic nitrogens is 4. The van der Waals surface area contributed by atoms with E-state index in [4.69, 9.17) is 5.73 Å². The minimum absolute atomic E-state index is 0.242. The van der Waals surface area contributed by atoms with Crippen molar-refractivity contribution >= 4 is 22.9 Å². The van der Waals surface area contributed by atoms with Crippen molar-refractivity contribution in [2.24, 2.45) is 0 Å². The fourth-order valence-electron chi connectivity index (χ4n) is 2.03. The fourth-order valence-corrected chi connectivity index (χ4v) is 2.03. The third-order valence-corrected chi connectivity index (χ3v) is 2.91. The molecule has 19 heavy (non-hydrogen) atoms. The number of rotatable bonds is 3.